The molecule has 0 spiro atoms. The molecular weight excluding hydrogens is 278 g/mol. The van der Waals surface area contributed by atoms with Crippen molar-refractivity contribution in [3.63, 3.8) is 0 Å². The summed E-state index contributed by atoms with van der Waals surface area (Å²) in [5.41, 5.74) is 2.56. The highest BCUT2D eigenvalue weighted by Gasteiger charge is 2.13. The predicted octanol–water partition coefficient (Wildman–Crippen LogP) is 2.44. The van der Waals surface area contributed by atoms with Crippen molar-refractivity contribution in [1.29, 1.82) is 0 Å². The van der Waals surface area contributed by atoms with Crippen molar-refractivity contribution in [3.05, 3.63) is 52.4 Å². The highest BCUT2D eigenvalue weighted by atomic mass is 32.2. The second kappa shape index (κ2) is 6.00. The van der Waals surface area contributed by atoms with Crippen LogP contribution in [0.3, 0.4) is 0 Å². The molecule has 5 nitrogen and oxygen atoms in total. The van der Waals surface area contributed by atoms with Crippen LogP contribution in [0.2, 0.25) is 0 Å². The van der Waals surface area contributed by atoms with Crippen LogP contribution in [-0.2, 0) is 22.3 Å². The van der Waals surface area contributed by atoms with Crippen molar-refractivity contribution < 1.29 is 18.6 Å². The third-order valence-corrected chi connectivity index (χ3v) is 4.25. The summed E-state index contributed by atoms with van der Waals surface area (Å²) in [6, 6.07) is 6.50. The summed E-state index contributed by atoms with van der Waals surface area (Å²) in [6.07, 6.45) is 0. The number of rotatable bonds is 5. The van der Waals surface area contributed by atoms with E-state index < -0.39 is 16.8 Å². The van der Waals surface area contributed by atoms with Gasteiger partial charge in [0.15, 0.2) is 0 Å². The van der Waals surface area contributed by atoms with Crippen molar-refractivity contribution in [1.82, 2.24) is 5.16 Å². The zero-order valence-electron chi connectivity index (χ0n) is 11.3. The number of nitrogens with zero attached hydrogens (tertiary/aromatic N) is 1. The molecule has 1 atom stereocenters. The lowest BCUT2D eigenvalue weighted by Crippen LogP contribution is -2.03. The molecule has 0 radical (unpaired) electrons. The first-order valence-electron chi connectivity index (χ1n) is 6.06. The minimum atomic E-state index is -1.14. The Morgan fingerprint density at radius 1 is 1.35 bits per heavy atom. The summed E-state index contributed by atoms with van der Waals surface area (Å²) in [7, 11) is -1.14. The maximum Gasteiger partial charge on any atom is 0.335 e. The molecule has 0 aliphatic heterocycles. The number of carboxylic acids is 1. The molecule has 1 heterocycles. The zero-order chi connectivity index (χ0) is 14.7. The molecule has 2 aromatic rings. The van der Waals surface area contributed by atoms with E-state index in [9.17, 15) is 9.00 Å². The molecular formula is C14H15NO4S. The van der Waals surface area contributed by atoms with E-state index >= 15 is 0 Å². The zero-order valence-corrected chi connectivity index (χ0v) is 12.1. The van der Waals surface area contributed by atoms with Crippen molar-refractivity contribution in [2.75, 3.05) is 0 Å². The number of aromatic nitrogens is 1. The van der Waals surface area contributed by atoms with Gasteiger partial charge in [0.05, 0.1) is 17.0 Å². The average Bonchev–Trinajstić information content (AvgIpc) is 2.71. The summed E-state index contributed by atoms with van der Waals surface area (Å²) in [5, 5.41) is 12.8. The van der Waals surface area contributed by atoms with Gasteiger partial charge in [-0.2, -0.15) is 0 Å². The molecule has 1 aromatic heterocycles. The molecule has 6 heteroatoms. The molecule has 20 heavy (non-hydrogen) atoms. The molecule has 0 fully saturated rings. The molecule has 1 aromatic carbocycles. The number of aryl methyl sites for hydroxylation is 2. The van der Waals surface area contributed by atoms with E-state index in [4.69, 9.17) is 9.63 Å². The maximum atomic E-state index is 12.2. The van der Waals surface area contributed by atoms with E-state index in [-0.39, 0.29) is 5.56 Å². The lowest BCUT2D eigenvalue weighted by molar-refractivity contribution is 0.0696. The molecule has 2 rings (SSSR count). The Morgan fingerprint density at radius 2 is 2.10 bits per heavy atom. The van der Waals surface area contributed by atoms with Gasteiger partial charge in [0.2, 0.25) is 0 Å². The fourth-order valence-electron chi connectivity index (χ4n) is 1.90. The van der Waals surface area contributed by atoms with Gasteiger partial charge >= 0.3 is 5.97 Å². The van der Waals surface area contributed by atoms with E-state index in [0.29, 0.717) is 17.3 Å². The molecule has 0 saturated carbocycles. The Kier molecular flexibility index (Phi) is 4.34. The molecule has 0 amide bonds. The highest BCUT2D eigenvalue weighted by molar-refractivity contribution is 7.83. The van der Waals surface area contributed by atoms with Gasteiger partial charge in [-0.15, -0.1) is 0 Å². The van der Waals surface area contributed by atoms with Crippen LogP contribution in [0, 0.1) is 13.8 Å². The quantitative estimate of drug-likeness (QED) is 0.915. The van der Waals surface area contributed by atoms with Crippen molar-refractivity contribution >= 4 is 16.8 Å². The van der Waals surface area contributed by atoms with E-state index in [2.05, 4.69) is 5.16 Å². The first-order chi connectivity index (χ1) is 9.47. The van der Waals surface area contributed by atoms with Gasteiger partial charge < -0.3 is 9.63 Å². The van der Waals surface area contributed by atoms with Gasteiger partial charge in [0, 0.05) is 22.1 Å². The van der Waals surface area contributed by atoms with Crippen LogP contribution in [0.15, 0.2) is 28.8 Å². The van der Waals surface area contributed by atoms with Gasteiger partial charge in [-0.3, -0.25) is 4.21 Å². The maximum absolute atomic E-state index is 12.2. The molecule has 106 valence electrons. The van der Waals surface area contributed by atoms with Gasteiger partial charge in [0.1, 0.15) is 5.76 Å². The number of hydrogen-bond donors (Lipinski definition) is 1. The Bertz CT molecular complexity index is 643. The monoisotopic (exact) mass is 293 g/mol. The minimum absolute atomic E-state index is 0.205. The van der Waals surface area contributed by atoms with Crippen LogP contribution >= 0.6 is 0 Å². The summed E-state index contributed by atoms with van der Waals surface area (Å²) >= 11 is 0. The fourth-order valence-corrected chi connectivity index (χ4v) is 3.29. The fraction of sp³-hybridized carbons (Fsp3) is 0.286. The van der Waals surface area contributed by atoms with Crippen LogP contribution < -0.4 is 0 Å². The molecule has 0 aliphatic rings. The second-order valence-electron chi connectivity index (χ2n) is 4.54. The van der Waals surface area contributed by atoms with Crippen LogP contribution in [0.4, 0.5) is 0 Å². The van der Waals surface area contributed by atoms with Crippen LogP contribution in [0.1, 0.15) is 32.9 Å². The lowest BCUT2D eigenvalue weighted by Gasteiger charge is -2.04. The number of aromatic carboxylic acids is 1. The SMILES string of the molecule is Cc1noc(C)c1CS(=O)Cc1cccc(C(=O)O)c1. The molecule has 0 aliphatic carbocycles. The summed E-state index contributed by atoms with van der Waals surface area (Å²) in [6.45, 7) is 3.60. The smallest absolute Gasteiger partial charge is 0.335 e. The third kappa shape index (κ3) is 3.33. The standard InChI is InChI=1S/C14H15NO4S/c1-9-13(10(2)19-15-9)8-20(18)7-11-4-3-5-12(6-11)14(16)17/h3-6H,7-8H2,1-2H3,(H,16,17). The molecule has 0 saturated heterocycles. The van der Waals surface area contributed by atoms with E-state index in [1.807, 2.05) is 6.92 Å². The van der Waals surface area contributed by atoms with Crippen LogP contribution in [0.5, 0.6) is 0 Å². The average molecular weight is 293 g/mol. The first-order valence-corrected chi connectivity index (χ1v) is 7.55. The molecule has 1 unspecified atom stereocenters. The topological polar surface area (TPSA) is 80.4 Å². The number of carboxylic acid groups (broad SMARTS) is 1. The molecule has 0 bridgehead atoms. The Hall–Kier alpha value is -1.95. The lowest BCUT2D eigenvalue weighted by atomic mass is 10.1. The predicted molar refractivity (Wildman–Crippen MR) is 74.9 cm³/mol. The Morgan fingerprint density at radius 3 is 2.70 bits per heavy atom. The highest BCUT2D eigenvalue weighted by Crippen LogP contribution is 2.16. The first kappa shape index (κ1) is 14.5. The summed E-state index contributed by atoms with van der Waals surface area (Å²) in [4.78, 5) is 10.9. The van der Waals surface area contributed by atoms with E-state index in [1.165, 1.54) is 6.07 Å². The van der Waals surface area contributed by atoms with E-state index in [1.54, 1.807) is 25.1 Å². The van der Waals surface area contributed by atoms with Gasteiger partial charge in [-0.05, 0) is 31.5 Å². The third-order valence-electron chi connectivity index (χ3n) is 2.99. The van der Waals surface area contributed by atoms with E-state index in [0.717, 1.165) is 16.8 Å². The van der Waals surface area contributed by atoms with Crippen LogP contribution in [0.25, 0.3) is 0 Å². The van der Waals surface area contributed by atoms with Gasteiger partial charge in [-0.1, -0.05) is 17.3 Å². The minimum Gasteiger partial charge on any atom is -0.478 e. The molecule has 1 N–H and O–H groups in total. The normalized spacial score (nSPS) is 12.3. The van der Waals surface area contributed by atoms with Gasteiger partial charge in [-0.25, -0.2) is 4.79 Å². The van der Waals surface area contributed by atoms with Crippen molar-refractivity contribution in [3.8, 4) is 0 Å². The largest absolute Gasteiger partial charge is 0.478 e. The number of hydrogen-bond acceptors (Lipinski definition) is 4. The van der Waals surface area contributed by atoms with Crippen molar-refractivity contribution in [2.45, 2.75) is 25.4 Å². The Labute approximate surface area is 119 Å². The Balaban J connectivity index is 2.09. The number of benzene rings is 1. The van der Waals surface area contributed by atoms with Gasteiger partial charge in [0.25, 0.3) is 0 Å². The number of carbonyl (C=O) groups is 1. The second-order valence-corrected chi connectivity index (χ2v) is 5.99. The van der Waals surface area contributed by atoms with Crippen molar-refractivity contribution in [2.24, 2.45) is 0 Å². The summed E-state index contributed by atoms with van der Waals surface area (Å²) in [5.74, 6) is 0.363. The summed E-state index contributed by atoms with van der Waals surface area (Å²) < 4.78 is 17.2. The van der Waals surface area contributed by atoms with Crippen LogP contribution in [-0.4, -0.2) is 20.4 Å².